The molecular weight excluding hydrogens is 212 g/mol. The molecule has 3 nitrogen and oxygen atoms in total. The fourth-order valence-electron chi connectivity index (χ4n) is 2.03. The Morgan fingerprint density at radius 1 is 1.18 bits per heavy atom. The monoisotopic (exact) mass is 236 g/mol. The van der Waals surface area contributed by atoms with Crippen molar-refractivity contribution in [3.8, 4) is 0 Å². The van der Waals surface area contributed by atoms with Crippen LogP contribution in [0, 0.1) is 5.92 Å². The van der Waals surface area contributed by atoms with E-state index >= 15 is 0 Å². The van der Waals surface area contributed by atoms with Gasteiger partial charge in [0.25, 0.3) is 0 Å². The van der Waals surface area contributed by atoms with Crippen molar-refractivity contribution in [1.82, 2.24) is 4.98 Å². The highest BCUT2D eigenvalue weighted by Crippen LogP contribution is 2.23. The molecule has 1 heterocycles. The second-order valence-electron chi connectivity index (χ2n) is 5.14. The van der Waals surface area contributed by atoms with Gasteiger partial charge in [-0.3, -0.25) is 4.98 Å². The quantitative estimate of drug-likeness (QED) is 0.826. The summed E-state index contributed by atoms with van der Waals surface area (Å²) in [5.41, 5.74) is 7.10. The zero-order chi connectivity index (χ0) is 12.8. The van der Waals surface area contributed by atoms with Crippen molar-refractivity contribution in [3.05, 3.63) is 30.1 Å². The Kier molecular flexibility index (Phi) is 5.59. The summed E-state index contributed by atoms with van der Waals surface area (Å²) in [6, 6.07) is 3.92. The summed E-state index contributed by atoms with van der Waals surface area (Å²) >= 11 is 0. The number of rotatable bonds is 6. The molecule has 1 rings (SSSR count). The van der Waals surface area contributed by atoms with Gasteiger partial charge in [-0.25, -0.2) is 0 Å². The summed E-state index contributed by atoms with van der Waals surface area (Å²) in [5, 5.41) is 0. The minimum Gasteiger partial charge on any atom is -0.369 e. The molecule has 0 fully saturated rings. The van der Waals surface area contributed by atoms with Gasteiger partial charge in [-0.1, -0.05) is 13.8 Å². The molecule has 0 aliphatic carbocycles. The van der Waals surface area contributed by atoms with E-state index in [1.54, 1.807) is 12.4 Å². The van der Waals surface area contributed by atoms with Crippen molar-refractivity contribution in [2.75, 3.05) is 0 Å². The highest BCUT2D eigenvalue weighted by Gasteiger charge is 2.20. The lowest BCUT2D eigenvalue weighted by atomic mass is 10.0. The third-order valence-corrected chi connectivity index (χ3v) is 2.69. The van der Waals surface area contributed by atoms with Gasteiger partial charge < -0.3 is 10.5 Å². The molecule has 0 bridgehead atoms. The van der Waals surface area contributed by atoms with E-state index in [2.05, 4.69) is 25.8 Å². The van der Waals surface area contributed by atoms with Crippen molar-refractivity contribution in [3.63, 3.8) is 0 Å². The van der Waals surface area contributed by atoms with Gasteiger partial charge in [0.05, 0.1) is 12.2 Å². The molecule has 0 saturated heterocycles. The minimum absolute atomic E-state index is 0.0213. The van der Waals surface area contributed by atoms with Crippen molar-refractivity contribution < 1.29 is 4.74 Å². The molecule has 0 aromatic carbocycles. The maximum atomic E-state index is 6.06. The van der Waals surface area contributed by atoms with Crippen molar-refractivity contribution in [2.24, 2.45) is 11.7 Å². The SMILES string of the molecule is CC(C)CC(C)OC(c1ccncc1)C(C)N. The molecule has 17 heavy (non-hydrogen) atoms. The van der Waals surface area contributed by atoms with Crippen LogP contribution in [-0.2, 0) is 4.74 Å². The normalized spacial score (nSPS) is 16.8. The standard InChI is InChI=1S/C14H24N2O/c1-10(2)9-11(3)17-14(12(4)15)13-5-7-16-8-6-13/h5-8,10-12,14H,9,15H2,1-4H3. The number of hydrogen-bond acceptors (Lipinski definition) is 3. The number of aromatic nitrogens is 1. The van der Waals surface area contributed by atoms with Gasteiger partial charge in [0.1, 0.15) is 0 Å². The Labute approximate surface area is 104 Å². The van der Waals surface area contributed by atoms with E-state index in [-0.39, 0.29) is 18.2 Å². The van der Waals surface area contributed by atoms with Crippen LogP contribution in [0.1, 0.15) is 45.8 Å². The highest BCUT2D eigenvalue weighted by molar-refractivity contribution is 5.15. The Balaban J connectivity index is 2.68. The Morgan fingerprint density at radius 2 is 1.76 bits per heavy atom. The summed E-state index contributed by atoms with van der Waals surface area (Å²) < 4.78 is 6.06. The molecule has 0 aliphatic rings. The van der Waals surface area contributed by atoms with E-state index in [1.165, 1.54) is 0 Å². The number of pyridine rings is 1. The van der Waals surface area contributed by atoms with Gasteiger partial charge in [-0.05, 0) is 43.9 Å². The average Bonchev–Trinajstić information content (AvgIpc) is 2.25. The molecule has 0 saturated carbocycles. The number of nitrogens with two attached hydrogens (primary N) is 1. The smallest absolute Gasteiger partial charge is 0.0977 e. The first-order chi connectivity index (χ1) is 8.00. The van der Waals surface area contributed by atoms with Crippen molar-refractivity contribution in [2.45, 2.75) is 52.4 Å². The van der Waals surface area contributed by atoms with Crippen LogP contribution in [0.5, 0.6) is 0 Å². The fourth-order valence-corrected chi connectivity index (χ4v) is 2.03. The topological polar surface area (TPSA) is 48.1 Å². The van der Waals surface area contributed by atoms with Crippen LogP contribution in [0.3, 0.4) is 0 Å². The van der Waals surface area contributed by atoms with E-state index < -0.39 is 0 Å². The maximum Gasteiger partial charge on any atom is 0.0977 e. The third-order valence-electron chi connectivity index (χ3n) is 2.69. The number of ether oxygens (including phenoxy) is 1. The first-order valence-electron chi connectivity index (χ1n) is 6.31. The van der Waals surface area contributed by atoms with Crippen molar-refractivity contribution in [1.29, 1.82) is 0 Å². The van der Waals surface area contributed by atoms with Crippen molar-refractivity contribution >= 4 is 0 Å². The summed E-state index contributed by atoms with van der Waals surface area (Å²) in [4.78, 5) is 4.02. The lowest BCUT2D eigenvalue weighted by Crippen LogP contribution is -2.30. The molecule has 0 amide bonds. The minimum atomic E-state index is -0.0493. The van der Waals surface area contributed by atoms with Crippen LogP contribution >= 0.6 is 0 Å². The molecule has 3 atom stereocenters. The van der Waals surface area contributed by atoms with Gasteiger partial charge in [0.15, 0.2) is 0 Å². The van der Waals surface area contributed by atoms with Gasteiger partial charge in [0, 0.05) is 18.4 Å². The Morgan fingerprint density at radius 3 is 2.24 bits per heavy atom. The Hall–Kier alpha value is -0.930. The van der Waals surface area contributed by atoms with Gasteiger partial charge in [-0.15, -0.1) is 0 Å². The van der Waals surface area contributed by atoms with E-state index in [0.717, 1.165) is 12.0 Å². The summed E-state index contributed by atoms with van der Waals surface area (Å²) in [6.07, 6.45) is 4.78. The summed E-state index contributed by atoms with van der Waals surface area (Å²) in [7, 11) is 0. The average molecular weight is 236 g/mol. The predicted molar refractivity (Wildman–Crippen MR) is 70.6 cm³/mol. The van der Waals surface area contributed by atoms with Crippen LogP contribution in [-0.4, -0.2) is 17.1 Å². The maximum absolute atomic E-state index is 6.06. The van der Waals surface area contributed by atoms with Crippen LogP contribution < -0.4 is 5.73 Å². The van der Waals surface area contributed by atoms with Crippen LogP contribution in [0.15, 0.2) is 24.5 Å². The van der Waals surface area contributed by atoms with Crippen LogP contribution in [0.4, 0.5) is 0 Å². The van der Waals surface area contributed by atoms with Gasteiger partial charge in [0.2, 0.25) is 0 Å². The molecule has 1 aromatic heterocycles. The largest absolute Gasteiger partial charge is 0.369 e. The van der Waals surface area contributed by atoms with E-state index in [4.69, 9.17) is 10.5 Å². The second-order valence-corrected chi connectivity index (χ2v) is 5.14. The van der Waals surface area contributed by atoms with Crippen LogP contribution in [0.2, 0.25) is 0 Å². The summed E-state index contributed by atoms with van der Waals surface area (Å²) in [6.45, 7) is 8.49. The zero-order valence-electron chi connectivity index (χ0n) is 11.3. The Bertz CT molecular complexity index is 311. The van der Waals surface area contributed by atoms with Gasteiger partial charge in [-0.2, -0.15) is 0 Å². The first-order valence-corrected chi connectivity index (χ1v) is 6.31. The molecule has 3 heteroatoms. The third kappa shape index (κ3) is 4.84. The van der Waals surface area contributed by atoms with E-state index in [1.807, 2.05) is 19.1 Å². The fraction of sp³-hybridized carbons (Fsp3) is 0.643. The molecule has 1 aromatic rings. The molecule has 0 aliphatic heterocycles. The predicted octanol–water partition coefficient (Wildman–Crippen LogP) is 2.92. The van der Waals surface area contributed by atoms with Crippen LogP contribution in [0.25, 0.3) is 0 Å². The molecule has 0 spiro atoms. The highest BCUT2D eigenvalue weighted by atomic mass is 16.5. The molecule has 0 radical (unpaired) electrons. The first kappa shape index (κ1) is 14.1. The number of nitrogens with zero attached hydrogens (tertiary/aromatic N) is 1. The molecule has 3 unspecified atom stereocenters. The zero-order valence-corrected chi connectivity index (χ0v) is 11.3. The summed E-state index contributed by atoms with van der Waals surface area (Å²) in [5.74, 6) is 0.635. The molecular formula is C14H24N2O. The second kappa shape index (κ2) is 6.72. The number of hydrogen-bond donors (Lipinski definition) is 1. The van der Waals surface area contributed by atoms with E-state index in [0.29, 0.717) is 5.92 Å². The molecule has 2 N–H and O–H groups in total. The van der Waals surface area contributed by atoms with E-state index in [9.17, 15) is 0 Å². The van der Waals surface area contributed by atoms with Gasteiger partial charge >= 0.3 is 0 Å². The lowest BCUT2D eigenvalue weighted by molar-refractivity contribution is -0.0237. The lowest BCUT2D eigenvalue weighted by Gasteiger charge is -2.26. The molecule has 96 valence electrons.